The molecule has 0 fully saturated rings. The second-order valence-electron chi connectivity index (χ2n) is 7.34. The van der Waals surface area contributed by atoms with Crippen molar-refractivity contribution in [2.75, 3.05) is 0 Å². The van der Waals surface area contributed by atoms with Gasteiger partial charge in [0.05, 0.1) is 17.9 Å². The van der Waals surface area contributed by atoms with Crippen LogP contribution in [0.5, 0.6) is 0 Å². The van der Waals surface area contributed by atoms with E-state index in [1.807, 2.05) is 73.1 Å². The zero-order valence-corrected chi connectivity index (χ0v) is 17.6. The third-order valence-electron chi connectivity index (χ3n) is 5.15. The molecule has 0 aliphatic rings. The van der Waals surface area contributed by atoms with Crippen molar-refractivity contribution in [3.05, 3.63) is 95.3 Å². The monoisotopic (exact) mass is 415 g/mol. The van der Waals surface area contributed by atoms with Crippen LogP contribution in [0.2, 0.25) is 0 Å². The molecule has 0 bridgehead atoms. The molecule has 2 aromatic heterocycles. The Kier molecular flexibility index (Phi) is 6.07. The molecular weight excluding hydrogens is 390 g/mol. The van der Waals surface area contributed by atoms with E-state index in [1.165, 1.54) is 6.33 Å². The zero-order chi connectivity index (χ0) is 21.6. The number of nitrogens with zero attached hydrogens (tertiary/aromatic N) is 5. The Morgan fingerprint density at radius 2 is 1.65 bits per heavy atom. The van der Waals surface area contributed by atoms with E-state index in [2.05, 4.69) is 25.8 Å². The van der Waals surface area contributed by atoms with Crippen LogP contribution in [0.4, 0.5) is 4.79 Å². The maximum atomic E-state index is 12.3. The van der Waals surface area contributed by atoms with E-state index in [0.29, 0.717) is 19.6 Å². The second-order valence-corrected chi connectivity index (χ2v) is 7.34. The molecule has 2 aromatic carbocycles. The quantitative estimate of drug-likeness (QED) is 0.485. The van der Waals surface area contributed by atoms with Crippen molar-refractivity contribution in [2.24, 2.45) is 0 Å². The van der Waals surface area contributed by atoms with Crippen molar-refractivity contribution in [3.63, 3.8) is 0 Å². The lowest BCUT2D eigenvalue weighted by Gasteiger charge is -2.09. The van der Waals surface area contributed by atoms with Crippen LogP contribution in [-0.2, 0) is 19.6 Å². The van der Waals surface area contributed by atoms with Gasteiger partial charge in [0.25, 0.3) is 0 Å². The molecule has 0 saturated carbocycles. The molecule has 8 heteroatoms. The highest BCUT2D eigenvalue weighted by molar-refractivity contribution is 5.73. The minimum Gasteiger partial charge on any atom is -0.334 e. The standard InChI is InChI=1S/C23H25N7O/c1-17-22(18(2)30(28-17)21-6-4-3-5-7-21)13-26-23(31)25-12-19-8-10-20(11-9-19)14-29-16-24-15-27-29/h3-11,15-16H,12-14H2,1-2H3,(H2,25,26,31). The number of urea groups is 1. The molecule has 2 N–H and O–H groups in total. The van der Waals surface area contributed by atoms with E-state index in [9.17, 15) is 4.79 Å². The number of rotatable bonds is 7. The zero-order valence-electron chi connectivity index (χ0n) is 17.6. The molecule has 0 spiro atoms. The summed E-state index contributed by atoms with van der Waals surface area (Å²) in [4.78, 5) is 16.2. The van der Waals surface area contributed by atoms with Crippen LogP contribution in [0.15, 0.2) is 67.3 Å². The minimum atomic E-state index is -0.210. The SMILES string of the molecule is Cc1nn(-c2ccccc2)c(C)c1CNC(=O)NCc1ccc(Cn2cncn2)cc1. The number of amides is 2. The normalized spacial score (nSPS) is 10.8. The van der Waals surface area contributed by atoms with Gasteiger partial charge >= 0.3 is 6.03 Å². The Morgan fingerprint density at radius 3 is 2.35 bits per heavy atom. The van der Waals surface area contributed by atoms with E-state index < -0.39 is 0 Å². The van der Waals surface area contributed by atoms with Crippen LogP contribution in [0.25, 0.3) is 5.69 Å². The lowest BCUT2D eigenvalue weighted by atomic mass is 10.1. The van der Waals surface area contributed by atoms with E-state index in [-0.39, 0.29) is 6.03 Å². The van der Waals surface area contributed by atoms with Gasteiger partial charge in [-0.3, -0.25) is 0 Å². The lowest BCUT2D eigenvalue weighted by Crippen LogP contribution is -2.34. The molecule has 8 nitrogen and oxygen atoms in total. The van der Waals surface area contributed by atoms with Gasteiger partial charge in [0, 0.05) is 24.3 Å². The smallest absolute Gasteiger partial charge is 0.315 e. The number of nitrogens with one attached hydrogen (secondary N) is 2. The van der Waals surface area contributed by atoms with Gasteiger partial charge < -0.3 is 10.6 Å². The van der Waals surface area contributed by atoms with Crippen molar-refractivity contribution in [1.82, 2.24) is 35.2 Å². The van der Waals surface area contributed by atoms with Gasteiger partial charge in [0.2, 0.25) is 0 Å². The fraction of sp³-hybridized carbons (Fsp3) is 0.217. The maximum absolute atomic E-state index is 12.3. The average molecular weight is 416 g/mol. The van der Waals surface area contributed by atoms with Crippen LogP contribution in [0, 0.1) is 13.8 Å². The van der Waals surface area contributed by atoms with Crippen LogP contribution < -0.4 is 10.6 Å². The molecular formula is C23H25N7O. The molecule has 0 aliphatic heterocycles. The molecule has 158 valence electrons. The molecule has 31 heavy (non-hydrogen) atoms. The summed E-state index contributed by atoms with van der Waals surface area (Å²) < 4.78 is 3.68. The first-order chi connectivity index (χ1) is 15.1. The Hall–Kier alpha value is -3.94. The minimum absolute atomic E-state index is 0.210. The Labute approximate surface area is 180 Å². The van der Waals surface area contributed by atoms with Gasteiger partial charge in [-0.15, -0.1) is 0 Å². The fourth-order valence-corrected chi connectivity index (χ4v) is 3.43. The second kappa shape index (κ2) is 9.25. The highest BCUT2D eigenvalue weighted by Gasteiger charge is 2.13. The highest BCUT2D eigenvalue weighted by Crippen LogP contribution is 2.17. The van der Waals surface area contributed by atoms with Crippen molar-refractivity contribution in [1.29, 1.82) is 0 Å². The number of benzene rings is 2. The largest absolute Gasteiger partial charge is 0.334 e. The van der Waals surface area contributed by atoms with E-state index in [4.69, 9.17) is 0 Å². The van der Waals surface area contributed by atoms with E-state index in [0.717, 1.165) is 33.8 Å². The van der Waals surface area contributed by atoms with Gasteiger partial charge in [-0.2, -0.15) is 10.2 Å². The van der Waals surface area contributed by atoms with Crippen LogP contribution in [-0.4, -0.2) is 30.6 Å². The van der Waals surface area contributed by atoms with Gasteiger partial charge in [-0.05, 0) is 37.1 Å². The molecule has 2 heterocycles. The molecule has 0 atom stereocenters. The predicted molar refractivity (Wildman–Crippen MR) is 118 cm³/mol. The van der Waals surface area contributed by atoms with Gasteiger partial charge in [-0.25, -0.2) is 19.1 Å². The van der Waals surface area contributed by atoms with Gasteiger partial charge in [0.15, 0.2) is 0 Å². The number of aryl methyl sites for hydroxylation is 1. The molecule has 0 aliphatic carbocycles. The third kappa shape index (κ3) is 4.98. The third-order valence-corrected chi connectivity index (χ3v) is 5.15. The van der Waals surface area contributed by atoms with Crippen molar-refractivity contribution in [2.45, 2.75) is 33.5 Å². The molecule has 2 amide bonds. The highest BCUT2D eigenvalue weighted by atomic mass is 16.2. The van der Waals surface area contributed by atoms with Crippen LogP contribution in [0.3, 0.4) is 0 Å². The van der Waals surface area contributed by atoms with Gasteiger partial charge in [-0.1, -0.05) is 42.5 Å². The fourth-order valence-electron chi connectivity index (χ4n) is 3.43. The summed E-state index contributed by atoms with van der Waals surface area (Å²) in [7, 11) is 0. The number of hydrogen-bond donors (Lipinski definition) is 2. The average Bonchev–Trinajstić information content (AvgIpc) is 3.40. The Bertz CT molecular complexity index is 1130. The van der Waals surface area contributed by atoms with E-state index >= 15 is 0 Å². The number of hydrogen-bond acceptors (Lipinski definition) is 4. The number of para-hydroxylation sites is 1. The number of aromatic nitrogens is 5. The predicted octanol–water partition coefficient (Wildman–Crippen LogP) is 3.13. The lowest BCUT2D eigenvalue weighted by molar-refractivity contribution is 0.240. The molecule has 0 unspecified atom stereocenters. The van der Waals surface area contributed by atoms with Crippen molar-refractivity contribution in [3.8, 4) is 5.69 Å². The summed E-state index contributed by atoms with van der Waals surface area (Å²) in [6.07, 6.45) is 3.21. The van der Waals surface area contributed by atoms with Crippen molar-refractivity contribution >= 4 is 6.03 Å². The van der Waals surface area contributed by atoms with Crippen LogP contribution in [0.1, 0.15) is 28.1 Å². The summed E-state index contributed by atoms with van der Waals surface area (Å²) in [5.74, 6) is 0. The first-order valence-electron chi connectivity index (χ1n) is 10.1. The summed E-state index contributed by atoms with van der Waals surface area (Å²) in [6, 6.07) is 17.8. The topological polar surface area (TPSA) is 89.7 Å². The summed E-state index contributed by atoms with van der Waals surface area (Å²) in [5.41, 5.74) is 6.11. The number of carbonyl (C=O) groups excluding carboxylic acids is 1. The summed E-state index contributed by atoms with van der Waals surface area (Å²) >= 11 is 0. The van der Waals surface area contributed by atoms with Crippen molar-refractivity contribution < 1.29 is 4.79 Å². The summed E-state index contributed by atoms with van der Waals surface area (Å²) in [6.45, 7) is 5.53. The first kappa shape index (κ1) is 20.3. The van der Waals surface area contributed by atoms with Gasteiger partial charge in [0.1, 0.15) is 12.7 Å². The molecule has 4 rings (SSSR count). The summed E-state index contributed by atoms with van der Waals surface area (Å²) in [5, 5.41) is 14.6. The number of carbonyl (C=O) groups is 1. The Balaban J connectivity index is 1.29. The van der Waals surface area contributed by atoms with E-state index in [1.54, 1.807) is 11.0 Å². The van der Waals surface area contributed by atoms with Crippen LogP contribution >= 0.6 is 0 Å². The maximum Gasteiger partial charge on any atom is 0.315 e. The molecule has 4 aromatic rings. The Morgan fingerprint density at radius 1 is 0.935 bits per heavy atom. The molecule has 0 radical (unpaired) electrons. The first-order valence-corrected chi connectivity index (χ1v) is 10.1. The molecule has 0 saturated heterocycles.